The number of allylic oxidation sites excluding steroid dienone is 8. The van der Waals surface area contributed by atoms with E-state index in [-0.39, 0.29) is 18.5 Å². The lowest BCUT2D eigenvalue weighted by molar-refractivity contribution is 0.313. The van der Waals surface area contributed by atoms with Crippen LogP contribution in [0.4, 0.5) is 0 Å². The number of benzene rings is 6. The minimum atomic E-state index is 0. The Kier molecular flexibility index (Phi) is 35.2. The molecule has 0 amide bonds. The maximum Gasteiger partial charge on any atom is 0.0728 e. The van der Waals surface area contributed by atoms with Crippen LogP contribution in [0, 0.1) is 59.2 Å². The van der Waals surface area contributed by atoms with Gasteiger partial charge in [-0.15, -0.1) is 0 Å². The van der Waals surface area contributed by atoms with Crippen molar-refractivity contribution in [2.75, 3.05) is 0 Å². The zero-order valence-electron chi connectivity index (χ0n) is 69.2. The number of fused-ring (bicyclic) bond motifs is 12. The van der Waals surface area contributed by atoms with Gasteiger partial charge in [-0.3, -0.25) is 20.0 Å². The lowest BCUT2D eigenvalue weighted by Crippen LogP contribution is -2.26. The summed E-state index contributed by atoms with van der Waals surface area (Å²) >= 11 is 0. The molecule has 0 N–H and O–H groups in total. The normalized spacial score (nSPS) is 27.5. The van der Waals surface area contributed by atoms with Gasteiger partial charge in [0.1, 0.15) is 0 Å². The molecule has 14 atom stereocenters. The molecule has 12 aliphatic rings. The van der Waals surface area contributed by atoms with Crippen molar-refractivity contribution in [1.82, 2.24) is 0 Å². The summed E-state index contributed by atoms with van der Waals surface area (Å²) in [6.07, 6.45) is 27.7. The van der Waals surface area contributed by atoms with Crippen molar-refractivity contribution in [3.63, 3.8) is 0 Å². The van der Waals surface area contributed by atoms with Crippen LogP contribution < -0.4 is 0 Å². The average molecular weight is 1410 g/mol. The molecular formula is C101H144N4. The van der Waals surface area contributed by atoms with E-state index in [0.717, 1.165) is 66.1 Å². The van der Waals surface area contributed by atoms with Crippen molar-refractivity contribution in [3.05, 3.63) is 261 Å². The molecule has 4 heteroatoms. The molecule has 4 nitrogen and oxygen atoms in total. The maximum absolute atomic E-state index is 5.42. The monoisotopic (exact) mass is 1410 g/mol. The molecule has 18 rings (SSSR count). The summed E-state index contributed by atoms with van der Waals surface area (Å²) in [5.41, 5.74) is 22.6. The van der Waals surface area contributed by atoms with Gasteiger partial charge in [-0.2, -0.15) is 0 Å². The molecule has 0 radical (unpaired) electrons. The Labute approximate surface area is 643 Å². The Morgan fingerprint density at radius 3 is 1.06 bits per heavy atom. The largest absolute Gasteiger partial charge is 0.281 e. The van der Waals surface area contributed by atoms with Gasteiger partial charge < -0.3 is 0 Å². The first kappa shape index (κ1) is 86.9. The number of rotatable bonds is 4. The second-order valence-electron chi connectivity index (χ2n) is 29.2. The summed E-state index contributed by atoms with van der Waals surface area (Å²) in [6.45, 7) is 46.4. The fourth-order valence-electron chi connectivity index (χ4n) is 19.5. The second-order valence-corrected chi connectivity index (χ2v) is 29.2. The molecule has 0 bridgehead atoms. The van der Waals surface area contributed by atoms with Crippen LogP contribution >= 0.6 is 0 Å². The minimum Gasteiger partial charge on any atom is -0.281 e. The SMILES string of the molecule is C.CC.CC.CC.CC.CC.CC.CC.CC.CC1CCC2C1C1=C(C=CC1)C(c1ccccc1)=NC21CC1.CC1CCC2C1C1=C(C=CC1)C(c1ccccc1)=N[C@H]2C.CC1CCC2C1c1ccccc1C(c1ccccc1)=NC21CC1.CC1CCC2C1c1ccccc1C(c1ccccc1)=N[C@H]2C. The molecule has 568 valence electrons. The smallest absolute Gasteiger partial charge is 0.0728 e. The minimum absolute atomic E-state index is 0. The molecule has 6 fully saturated rings. The van der Waals surface area contributed by atoms with Crippen LogP contribution in [0.15, 0.2) is 236 Å². The number of hydrogen-bond donors (Lipinski definition) is 0. The van der Waals surface area contributed by atoms with Gasteiger partial charge in [-0.25, -0.2) is 0 Å². The average Bonchev–Trinajstić information content (AvgIpc) is 1.57. The molecule has 12 unspecified atom stereocenters. The zero-order valence-corrected chi connectivity index (χ0v) is 69.2. The number of aliphatic imine (C=N–C) groups is 4. The van der Waals surface area contributed by atoms with Crippen molar-refractivity contribution in [2.24, 2.45) is 79.1 Å². The van der Waals surface area contributed by atoms with Gasteiger partial charge in [0.25, 0.3) is 0 Å². The highest BCUT2D eigenvalue weighted by Gasteiger charge is 2.59. The standard InChI is InChI=1S/C22H23N.2C21H23N.C20H23N.8C2H6.CH4/c1-15-11-12-19-20(15)17-9-5-6-10-18(17)21(23-22(19)13-14-22)16-7-3-2-4-8-16;1-14-10-11-18-19(14)16-8-5-9-17(16)20(22-21(18)12-13-21)15-6-3-2-4-7-15;1-14-12-13-17-15(2)22-21(16-8-4-3-5-9-16)19-11-7-6-10-18(19)20(14)17;1-13-11-12-16-14(2)21-20(15-7-4-3-5-8-15)18-10-6-9-17(18)19(13)16;8*1-2;/h2-10,15,19-20H,11-14H2,1H3;2-7,9,14,18-19H,8,10-13H2,1H3;3-11,14-15,17,20H,12-13H2,1-2H3;3-8,10,13-14,16,19H,9,11-12H2,1-2H3;8*1-2H3;1H4/t;;14?,15-,17?,20?;13?,14-,16?,19?;;;;;;;;;/m..00........./s1. The van der Waals surface area contributed by atoms with Crippen LogP contribution in [0.2, 0.25) is 0 Å². The van der Waals surface area contributed by atoms with Crippen molar-refractivity contribution in [3.8, 4) is 0 Å². The Bertz CT molecular complexity index is 3810. The highest BCUT2D eigenvalue weighted by Crippen LogP contribution is 2.63. The van der Waals surface area contributed by atoms with E-state index < -0.39 is 0 Å². The van der Waals surface area contributed by atoms with E-state index in [1.165, 1.54) is 150 Å². The van der Waals surface area contributed by atoms with Gasteiger partial charge in [-0.1, -0.05) is 351 Å². The molecule has 8 aliphatic carbocycles. The fraction of sp³-hybridized carbons (Fsp3) is 0.525. The van der Waals surface area contributed by atoms with E-state index in [0.29, 0.717) is 29.8 Å². The quantitative estimate of drug-likeness (QED) is 0.169. The van der Waals surface area contributed by atoms with Crippen molar-refractivity contribution in [2.45, 2.75) is 285 Å². The van der Waals surface area contributed by atoms with Crippen LogP contribution in [0.1, 0.15) is 306 Å². The highest BCUT2D eigenvalue weighted by molar-refractivity contribution is 6.17. The third-order valence-electron chi connectivity index (χ3n) is 24.1. The van der Waals surface area contributed by atoms with Gasteiger partial charge in [-0.05, 0) is 197 Å². The van der Waals surface area contributed by atoms with Gasteiger partial charge in [0, 0.05) is 33.4 Å². The summed E-state index contributed by atoms with van der Waals surface area (Å²) in [5, 5.41) is 0. The second kappa shape index (κ2) is 42.5. The highest BCUT2D eigenvalue weighted by atomic mass is 15.0. The molecule has 4 heterocycles. The Balaban J connectivity index is 0.000000205. The van der Waals surface area contributed by atoms with Crippen molar-refractivity contribution in [1.29, 1.82) is 0 Å². The topological polar surface area (TPSA) is 49.4 Å². The molecule has 2 spiro atoms. The van der Waals surface area contributed by atoms with Crippen LogP contribution in [-0.2, 0) is 0 Å². The van der Waals surface area contributed by atoms with E-state index in [1.54, 1.807) is 16.7 Å². The molecular weight excluding hydrogens is 1270 g/mol. The molecule has 6 aromatic rings. The van der Waals surface area contributed by atoms with Crippen LogP contribution in [-0.4, -0.2) is 46.0 Å². The van der Waals surface area contributed by atoms with Crippen LogP contribution in [0.5, 0.6) is 0 Å². The van der Waals surface area contributed by atoms with Gasteiger partial charge in [0.05, 0.1) is 46.0 Å². The van der Waals surface area contributed by atoms with Gasteiger partial charge >= 0.3 is 0 Å². The number of hydrogen-bond acceptors (Lipinski definition) is 4. The summed E-state index contributed by atoms with van der Waals surface area (Å²) in [5.74, 6) is 9.05. The Hall–Kier alpha value is -7.04. The lowest BCUT2D eigenvalue weighted by atomic mass is 9.78. The van der Waals surface area contributed by atoms with E-state index in [1.807, 2.05) is 111 Å². The summed E-state index contributed by atoms with van der Waals surface area (Å²) < 4.78 is 0. The molecule has 4 aliphatic heterocycles. The molecule has 0 saturated heterocycles. The Morgan fingerprint density at radius 2 is 0.600 bits per heavy atom. The predicted molar refractivity (Wildman–Crippen MR) is 465 cm³/mol. The third kappa shape index (κ3) is 18.9. The summed E-state index contributed by atoms with van der Waals surface area (Å²) in [4.78, 5) is 21.2. The predicted octanol–water partition coefficient (Wildman–Crippen LogP) is 28.8. The summed E-state index contributed by atoms with van der Waals surface area (Å²) in [7, 11) is 0. The van der Waals surface area contributed by atoms with E-state index in [9.17, 15) is 0 Å². The number of nitrogens with zero attached hydrogens (tertiary/aromatic N) is 4. The van der Waals surface area contributed by atoms with Crippen LogP contribution in [0.3, 0.4) is 0 Å². The lowest BCUT2D eigenvalue weighted by Gasteiger charge is -2.28. The molecule has 105 heavy (non-hydrogen) atoms. The van der Waals surface area contributed by atoms with Crippen LogP contribution in [0.25, 0.3) is 0 Å². The molecule has 6 aromatic carbocycles. The van der Waals surface area contributed by atoms with Gasteiger partial charge in [0.2, 0.25) is 0 Å². The first-order chi connectivity index (χ1) is 51.1. The Morgan fingerprint density at radius 1 is 0.295 bits per heavy atom. The van der Waals surface area contributed by atoms with Crippen molar-refractivity contribution >= 4 is 22.8 Å². The fourth-order valence-corrected chi connectivity index (χ4v) is 19.5. The third-order valence-corrected chi connectivity index (χ3v) is 24.1. The van der Waals surface area contributed by atoms with Crippen molar-refractivity contribution < 1.29 is 0 Å². The van der Waals surface area contributed by atoms with E-state index in [2.05, 4.69) is 236 Å². The first-order valence-electron chi connectivity index (χ1n) is 42.6. The zero-order chi connectivity index (χ0) is 75.7. The first-order valence-corrected chi connectivity index (χ1v) is 42.6. The molecule has 0 aromatic heterocycles. The molecule has 6 saturated carbocycles. The summed E-state index contributed by atoms with van der Waals surface area (Å²) in [6, 6.07) is 61.9. The van der Waals surface area contributed by atoms with Gasteiger partial charge in [0.15, 0.2) is 0 Å². The van der Waals surface area contributed by atoms with E-state index in [4.69, 9.17) is 20.0 Å². The van der Waals surface area contributed by atoms with E-state index >= 15 is 0 Å². The maximum atomic E-state index is 5.42.